The summed E-state index contributed by atoms with van der Waals surface area (Å²) in [5, 5.41) is 12.0. The Morgan fingerprint density at radius 2 is 2.36 bits per heavy atom. The summed E-state index contributed by atoms with van der Waals surface area (Å²) in [4.78, 5) is 10.7. The molecule has 1 heterocycles. The maximum Gasteiger partial charge on any atom is 0.306 e. The smallest absolute Gasteiger partial charge is 0.306 e. The van der Waals surface area contributed by atoms with Crippen LogP contribution in [0.1, 0.15) is 19.3 Å². The van der Waals surface area contributed by atoms with Gasteiger partial charge in [0.2, 0.25) is 0 Å². The summed E-state index contributed by atoms with van der Waals surface area (Å²) in [6.07, 6.45) is 2.29. The first-order valence-corrected chi connectivity index (χ1v) is 4.85. The molecule has 0 aromatic carbocycles. The molecule has 1 aliphatic carbocycles. The molecule has 1 saturated carbocycles. The molecule has 3 unspecified atom stereocenters. The molecule has 3 atom stereocenters. The minimum absolute atomic E-state index is 0.207. The number of methoxy groups -OCH3 is 1. The zero-order valence-electron chi connectivity index (χ0n) is 8.16. The van der Waals surface area contributed by atoms with Gasteiger partial charge in [0.15, 0.2) is 0 Å². The average molecular weight is 201 g/mol. The van der Waals surface area contributed by atoms with E-state index in [0.29, 0.717) is 13.0 Å². The third kappa shape index (κ3) is 1.89. The van der Waals surface area contributed by atoms with E-state index in [1.165, 1.54) is 0 Å². The number of nitrogens with one attached hydrogen (secondary N) is 1. The quantitative estimate of drug-likeness (QED) is 0.501. The lowest BCUT2D eigenvalue weighted by Gasteiger charge is -2.17. The first kappa shape index (κ1) is 9.89. The Kier molecular flexibility index (Phi) is 2.47. The number of aliphatic carboxylic acids is 1. The molecule has 2 rings (SSSR count). The SMILES string of the molecule is COC1(NC2CCC(C(=O)O)C2)CO1. The van der Waals surface area contributed by atoms with E-state index in [2.05, 4.69) is 5.32 Å². The van der Waals surface area contributed by atoms with Gasteiger partial charge in [0.05, 0.1) is 5.92 Å². The Labute approximate surface area is 82.4 Å². The van der Waals surface area contributed by atoms with Gasteiger partial charge in [0.25, 0.3) is 5.91 Å². The van der Waals surface area contributed by atoms with Crippen LogP contribution in [-0.4, -0.2) is 36.7 Å². The van der Waals surface area contributed by atoms with Crippen molar-refractivity contribution in [2.75, 3.05) is 13.7 Å². The number of epoxide rings is 1. The normalized spacial score (nSPS) is 41.2. The molecule has 1 aliphatic heterocycles. The zero-order valence-corrected chi connectivity index (χ0v) is 8.16. The number of hydrogen-bond donors (Lipinski definition) is 2. The van der Waals surface area contributed by atoms with Crippen LogP contribution in [0.2, 0.25) is 0 Å². The van der Waals surface area contributed by atoms with Crippen molar-refractivity contribution in [3.8, 4) is 0 Å². The summed E-state index contributed by atoms with van der Waals surface area (Å²) >= 11 is 0. The lowest BCUT2D eigenvalue weighted by molar-refractivity contribution is -0.141. The van der Waals surface area contributed by atoms with Gasteiger partial charge in [-0.3, -0.25) is 10.1 Å². The fraction of sp³-hybridized carbons (Fsp3) is 0.889. The van der Waals surface area contributed by atoms with Crippen molar-refractivity contribution in [2.45, 2.75) is 31.2 Å². The molecule has 2 fully saturated rings. The minimum atomic E-state index is -0.697. The van der Waals surface area contributed by atoms with Crippen LogP contribution in [0, 0.1) is 5.92 Å². The Hall–Kier alpha value is -0.650. The van der Waals surface area contributed by atoms with Gasteiger partial charge in [0.1, 0.15) is 6.61 Å². The number of hydrogen-bond acceptors (Lipinski definition) is 4. The Balaban J connectivity index is 1.81. The predicted molar refractivity (Wildman–Crippen MR) is 47.6 cm³/mol. The molecule has 5 nitrogen and oxygen atoms in total. The van der Waals surface area contributed by atoms with Gasteiger partial charge in [0, 0.05) is 13.2 Å². The Morgan fingerprint density at radius 3 is 2.79 bits per heavy atom. The van der Waals surface area contributed by atoms with E-state index in [9.17, 15) is 4.79 Å². The van der Waals surface area contributed by atoms with Crippen LogP contribution in [0.5, 0.6) is 0 Å². The number of carbonyl (C=O) groups is 1. The van der Waals surface area contributed by atoms with E-state index in [4.69, 9.17) is 14.6 Å². The molecule has 2 N–H and O–H groups in total. The van der Waals surface area contributed by atoms with Crippen molar-refractivity contribution in [1.29, 1.82) is 0 Å². The van der Waals surface area contributed by atoms with E-state index in [1.807, 2.05) is 0 Å². The lowest BCUT2D eigenvalue weighted by Crippen LogP contribution is -2.41. The average Bonchev–Trinajstić information content (AvgIpc) is 2.75. The largest absolute Gasteiger partial charge is 0.481 e. The van der Waals surface area contributed by atoms with Crippen LogP contribution in [0.25, 0.3) is 0 Å². The molecule has 5 heteroatoms. The molecule has 0 aromatic heterocycles. The second-order valence-corrected chi connectivity index (χ2v) is 3.94. The van der Waals surface area contributed by atoms with Crippen LogP contribution < -0.4 is 5.32 Å². The molecule has 80 valence electrons. The highest BCUT2D eigenvalue weighted by Crippen LogP contribution is 2.31. The van der Waals surface area contributed by atoms with Crippen molar-refractivity contribution >= 4 is 5.97 Å². The van der Waals surface area contributed by atoms with Gasteiger partial charge < -0.3 is 14.6 Å². The van der Waals surface area contributed by atoms with Crippen molar-refractivity contribution in [3.63, 3.8) is 0 Å². The highest BCUT2D eigenvalue weighted by Gasteiger charge is 2.48. The van der Waals surface area contributed by atoms with Crippen LogP contribution in [0.3, 0.4) is 0 Å². The van der Waals surface area contributed by atoms with Gasteiger partial charge in [-0.05, 0) is 19.3 Å². The monoisotopic (exact) mass is 201 g/mol. The minimum Gasteiger partial charge on any atom is -0.481 e. The second-order valence-electron chi connectivity index (χ2n) is 3.94. The topological polar surface area (TPSA) is 71.1 Å². The highest BCUT2D eigenvalue weighted by atomic mass is 16.8. The molecule has 0 spiro atoms. The van der Waals surface area contributed by atoms with Crippen molar-refractivity contribution in [3.05, 3.63) is 0 Å². The summed E-state index contributed by atoms with van der Waals surface area (Å²) in [5.41, 5.74) is 0. The van der Waals surface area contributed by atoms with Crippen LogP contribution in [-0.2, 0) is 14.3 Å². The van der Waals surface area contributed by atoms with Crippen LogP contribution in [0.4, 0.5) is 0 Å². The van der Waals surface area contributed by atoms with E-state index in [-0.39, 0.29) is 12.0 Å². The van der Waals surface area contributed by atoms with E-state index < -0.39 is 11.9 Å². The molecule has 14 heavy (non-hydrogen) atoms. The Morgan fingerprint density at radius 1 is 1.64 bits per heavy atom. The second kappa shape index (κ2) is 3.49. The van der Waals surface area contributed by atoms with E-state index in [1.54, 1.807) is 7.11 Å². The van der Waals surface area contributed by atoms with Gasteiger partial charge >= 0.3 is 5.97 Å². The third-order valence-corrected chi connectivity index (χ3v) is 2.94. The van der Waals surface area contributed by atoms with Crippen LogP contribution >= 0.6 is 0 Å². The van der Waals surface area contributed by atoms with E-state index >= 15 is 0 Å². The fourth-order valence-corrected chi connectivity index (χ4v) is 1.97. The third-order valence-electron chi connectivity index (χ3n) is 2.94. The van der Waals surface area contributed by atoms with E-state index in [0.717, 1.165) is 12.8 Å². The summed E-state index contributed by atoms with van der Waals surface area (Å²) < 4.78 is 10.2. The molecule has 0 aromatic rings. The number of carboxylic acid groups (broad SMARTS) is 1. The Bertz CT molecular complexity index is 239. The maximum atomic E-state index is 10.7. The first-order valence-electron chi connectivity index (χ1n) is 4.85. The summed E-state index contributed by atoms with van der Waals surface area (Å²) in [6.45, 7) is 0.553. The first-order chi connectivity index (χ1) is 6.65. The van der Waals surface area contributed by atoms with Gasteiger partial charge in [-0.25, -0.2) is 0 Å². The zero-order chi connectivity index (χ0) is 10.2. The molecular formula is C9H15NO4. The predicted octanol–water partition coefficient (Wildman–Crippen LogP) is 0.160. The number of rotatable bonds is 4. The van der Waals surface area contributed by atoms with Gasteiger partial charge in [-0.2, -0.15) is 0 Å². The van der Waals surface area contributed by atoms with Crippen LogP contribution in [0.15, 0.2) is 0 Å². The standard InChI is InChI=1S/C9H15NO4/c1-13-9(5-14-9)10-7-3-2-6(4-7)8(11)12/h6-7,10H,2-5H2,1H3,(H,11,12). The van der Waals surface area contributed by atoms with Gasteiger partial charge in [-0.1, -0.05) is 0 Å². The van der Waals surface area contributed by atoms with Crippen molar-refractivity contribution < 1.29 is 19.4 Å². The molecular weight excluding hydrogens is 186 g/mol. The van der Waals surface area contributed by atoms with Crippen molar-refractivity contribution in [1.82, 2.24) is 5.32 Å². The van der Waals surface area contributed by atoms with Gasteiger partial charge in [-0.15, -0.1) is 0 Å². The molecule has 2 aliphatic rings. The van der Waals surface area contributed by atoms with Crippen molar-refractivity contribution in [2.24, 2.45) is 5.92 Å². The molecule has 0 bridgehead atoms. The number of carboxylic acids is 1. The summed E-state index contributed by atoms with van der Waals surface area (Å²) in [6, 6.07) is 0.207. The fourth-order valence-electron chi connectivity index (χ4n) is 1.97. The number of ether oxygens (including phenoxy) is 2. The molecule has 0 amide bonds. The molecule has 0 radical (unpaired) electrons. The summed E-state index contributed by atoms with van der Waals surface area (Å²) in [7, 11) is 1.59. The lowest BCUT2D eigenvalue weighted by atomic mass is 10.1. The summed E-state index contributed by atoms with van der Waals surface area (Å²) in [5.74, 6) is -1.52. The maximum absolute atomic E-state index is 10.7. The highest BCUT2D eigenvalue weighted by molar-refractivity contribution is 5.70. The molecule has 1 saturated heterocycles.